The van der Waals surface area contributed by atoms with Crippen LogP contribution in [-0.4, -0.2) is 32.1 Å². The second kappa shape index (κ2) is 9.08. The molecule has 25 heavy (non-hydrogen) atoms. The number of hydrogen-bond donors (Lipinski definition) is 2. The lowest BCUT2D eigenvalue weighted by Gasteiger charge is -2.10. The zero-order chi connectivity index (χ0) is 18.2. The van der Waals surface area contributed by atoms with Crippen LogP contribution in [0.1, 0.15) is 5.56 Å². The topological polar surface area (TPSA) is 76.7 Å². The summed E-state index contributed by atoms with van der Waals surface area (Å²) in [5.41, 5.74) is 1.63. The fraction of sp³-hybridized carbons (Fsp3) is 0.222. The summed E-state index contributed by atoms with van der Waals surface area (Å²) in [7, 11) is 1.57. The summed E-state index contributed by atoms with van der Waals surface area (Å²) in [6.45, 7) is 1.60. The Balaban J connectivity index is 1.74. The Morgan fingerprint density at radius 3 is 2.36 bits per heavy atom. The molecule has 2 rings (SSSR count). The van der Waals surface area contributed by atoms with Gasteiger partial charge in [0.2, 0.25) is 5.91 Å². The van der Waals surface area contributed by atoms with Gasteiger partial charge in [-0.15, -0.1) is 0 Å². The maximum Gasteiger partial charge on any atom is 0.258 e. The molecule has 0 aliphatic carbocycles. The second-order valence-electron chi connectivity index (χ2n) is 5.25. The van der Waals surface area contributed by atoms with Crippen molar-refractivity contribution in [3.63, 3.8) is 0 Å². The molecule has 0 aromatic heterocycles. The molecule has 2 aromatic carbocycles. The van der Waals surface area contributed by atoms with Crippen LogP contribution < -0.4 is 20.1 Å². The minimum absolute atomic E-state index is 0.125. The molecule has 2 amide bonds. The Labute approximate surface area is 154 Å². The molecule has 2 aromatic rings. The number of hydrogen-bond acceptors (Lipinski definition) is 4. The number of anilines is 1. The third-order valence-corrected chi connectivity index (χ3v) is 3.83. The number of carbonyl (C=O) groups is 2. The van der Waals surface area contributed by atoms with Gasteiger partial charge in [0.1, 0.15) is 11.5 Å². The highest BCUT2D eigenvalue weighted by atomic mass is 79.9. The molecule has 6 nitrogen and oxygen atoms in total. The zero-order valence-corrected chi connectivity index (χ0v) is 15.6. The van der Waals surface area contributed by atoms with Crippen LogP contribution in [-0.2, 0) is 9.59 Å². The number of benzene rings is 2. The number of halogens is 1. The summed E-state index contributed by atoms with van der Waals surface area (Å²) in [4.78, 5) is 23.7. The highest BCUT2D eigenvalue weighted by Crippen LogP contribution is 2.20. The lowest BCUT2D eigenvalue weighted by atomic mass is 10.2. The number of methoxy groups -OCH3 is 1. The van der Waals surface area contributed by atoms with E-state index in [9.17, 15) is 9.59 Å². The minimum atomic E-state index is -0.376. The maximum atomic E-state index is 11.9. The van der Waals surface area contributed by atoms with Gasteiger partial charge in [0.25, 0.3) is 5.91 Å². The summed E-state index contributed by atoms with van der Waals surface area (Å²) < 4.78 is 11.3. The van der Waals surface area contributed by atoms with Crippen molar-refractivity contribution in [2.75, 3.05) is 25.6 Å². The van der Waals surface area contributed by atoms with E-state index in [-0.39, 0.29) is 25.0 Å². The predicted octanol–water partition coefficient (Wildman–Crippen LogP) is 2.90. The zero-order valence-electron chi connectivity index (χ0n) is 14.0. The minimum Gasteiger partial charge on any atom is -0.497 e. The summed E-state index contributed by atoms with van der Waals surface area (Å²) in [6, 6.07) is 12.4. The second-order valence-corrected chi connectivity index (χ2v) is 6.16. The van der Waals surface area contributed by atoms with Gasteiger partial charge in [0, 0.05) is 10.2 Å². The van der Waals surface area contributed by atoms with Crippen molar-refractivity contribution in [2.24, 2.45) is 0 Å². The Morgan fingerprint density at radius 2 is 1.72 bits per heavy atom. The first kappa shape index (κ1) is 18.8. The molecule has 0 bridgehead atoms. The third kappa shape index (κ3) is 6.11. The van der Waals surface area contributed by atoms with E-state index >= 15 is 0 Å². The summed E-state index contributed by atoms with van der Waals surface area (Å²) in [5, 5.41) is 5.27. The van der Waals surface area contributed by atoms with Gasteiger partial charge in [-0.1, -0.05) is 15.9 Å². The van der Waals surface area contributed by atoms with Gasteiger partial charge >= 0.3 is 0 Å². The lowest BCUT2D eigenvalue weighted by Crippen LogP contribution is -2.35. The smallest absolute Gasteiger partial charge is 0.258 e. The number of amides is 2. The van der Waals surface area contributed by atoms with E-state index in [1.807, 2.05) is 19.1 Å². The molecule has 7 heteroatoms. The maximum absolute atomic E-state index is 11.9. The van der Waals surface area contributed by atoms with Crippen LogP contribution in [0.2, 0.25) is 0 Å². The van der Waals surface area contributed by atoms with Crippen LogP contribution >= 0.6 is 15.9 Å². The number of aryl methyl sites for hydroxylation is 1. The van der Waals surface area contributed by atoms with Crippen LogP contribution in [0.15, 0.2) is 46.9 Å². The number of carbonyl (C=O) groups excluding carboxylic acids is 2. The van der Waals surface area contributed by atoms with Crippen molar-refractivity contribution in [3.05, 3.63) is 52.5 Å². The molecule has 2 N–H and O–H groups in total. The summed E-state index contributed by atoms with van der Waals surface area (Å²) in [5.74, 6) is 0.573. The van der Waals surface area contributed by atoms with Crippen LogP contribution in [0.25, 0.3) is 0 Å². The van der Waals surface area contributed by atoms with Gasteiger partial charge in [-0.25, -0.2) is 0 Å². The van der Waals surface area contributed by atoms with Crippen LogP contribution in [0.3, 0.4) is 0 Å². The summed E-state index contributed by atoms with van der Waals surface area (Å²) >= 11 is 3.37. The molecule has 0 spiro atoms. The van der Waals surface area contributed by atoms with E-state index in [1.165, 1.54) is 0 Å². The lowest BCUT2D eigenvalue weighted by molar-refractivity contribution is -0.125. The first-order valence-electron chi connectivity index (χ1n) is 7.57. The number of nitrogens with one attached hydrogen (secondary N) is 2. The summed E-state index contributed by atoms with van der Waals surface area (Å²) in [6.07, 6.45) is 0. The molecule has 0 heterocycles. The number of ether oxygens (including phenoxy) is 2. The Bertz CT molecular complexity index is 747. The largest absolute Gasteiger partial charge is 0.497 e. The van der Waals surface area contributed by atoms with Gasteiger partial charge in [-0.05, 0) is 55.0 Å². The fourth-order valence-corrected chi connectivity index (χ4v) is 2.49. The van der Waals surface area contributed by atoms with Crippen molar-refractivity contribution in [3.8, 4) is 11.5 Å². The Kier molecular flexibility index (Phi) is 6.82. The van der Waals surface area contributed by atoms with Crippen molar-refractivity contribution in [1.29, 1.82) is 0 Å². The molecule has 0 aliphatic rings. The molecule has 0 saturated carbocycles. The average molecular weight is 407 g/mol. The quantitative estimate of drug-likeness (QED) is 0.740. The van der Waals surface area contributed by atoms with Gasteiger partial charge < -0.3 is 20.1 Å². The van der Waals surface area contributed by atoms with Gasteiger partial charge in [0.15, 0.2) is 6.61 Å². The highest BCUT2D eigenvalue weighted by Gasteiger charge is 2.08. The molecule has 0 saturated heterocycles. The van der Waals surface area contributed by atoms with Crippen molar-refractivity contribution in [1.82, 2.24) is 5.32 Å². The third-order valence-electron chi connectivity index (χ3n) is 3.34. The predicted molar refractivity (Wildman–Crippen MR) is 99.0 cm³/mol. The standard InChI is InChI=1S/C18H19BrN2O4/c1-12-9-13(19)3-8-16(12)21-17(22)10-20-18(23)11-25-15-6-4-14(24-2)5-7-15/h3-9H,10-11H2,1-2H3,(H,20,23)(H,21,22). The molecular weight excluding hydrogens is 388 g/mol. The first-order chi connectivity index (χ1) is 12.0. The van der Waals surface area contributed by atoms with E-state index in [4.69, 9.17) is 9.47 Å². The van der Waals surface area contributed by atoms with Crippen LogP contribution in [0, 0.1) is 6.92 Å². The van der Waals surface area contributed by atoms with E-state index in [0.29, 0.717) is 17.2 Å². The van der Waals surface area contributed by atoms with E-state index in [2.05, 4.69) is 26.6 Å². The normalized spacial score (nSPS) is 10.0. The molecule has 0 unspecified atom stereocenters. The van der Waals surface area contributed by atoms with Gasteiger partial charge in [-0.2, -0.15) is 0 Å². The Hall–Kier alpha value is -2.54. The van der Waals surface area contributed by atoms with E-state index in [1.54, 1.807) is 37.4 Å². The van der Waals surface area contributed by atoms with Crippen molar-refractivity contribution < 1.29 is 19.1 Å². The first-order valence-corrected chi connectivity index (χ1v) is 8.37. The van der Waals surface area contributed by atoms with E-state index in [0.717, 1.165) is 10.0 Å². The molecule has 0 fully saturated rings. The van der Waals surface area contributed by atoms with Crippen molar-refractivity contribution >= 4 is 33.4 Å². The molecule has 0 aliphatic heterocycles. The van der Waals surface area contributed by atoms with Crippen LogP contribution in [0.5, 0.6) is 11.5 Å². The van der Waals surface area contributed by atoms with Crippen LogP contribution in [0.4, 0.5) is 5.69 Å². The van der Waals surface area contributed by atoms with E-state index < -0.39 is 0 Å². The molecular formula is C18H19BrN2O4. The Morgan fingerprint density at radius 1 is 1.04 bits per heavy atom. The SMILES string of the molecule is COc1ccc(OCC(=O)NCC(=O)Nc2ccc(Br)cc2C)cc1. The highest BCUT2D eigenvalue weighted by molar-refractivity contribution is 9.10. The average Bonchev–Trinajstić information content (AvgIpc) is 2.61. The molecule has 0 radical (unpaired) electrons. The number of rotatable bonds is 7. The monoisotopic (exact) mass is 406 g/mol. The van der Waals surface area contributed by atoms with Gasteiger partial charge in [-0.3, -0.25) is 9.59 Å². The fourth-order valence-electron chi connectivity index (χ4n) is 2.01. The molecule has 0 atom stereocenters. The van der Waals surface area contributed by atoms with Crippen molar-refractivity contribution in [2.45, 2.75) is 6.92 Å². The van der Waals surface area contributed by atoms with Gasteiger partial charge in [0.05, 0.1) is 13.7 Å². The molecule has 132 valence electrons.